The molecule has 43 heavy (non-hydrogen) atoms. The van der Waals surface area contributed by atoms with Crippen LogP contribution in [0.1, 0.15) is 28.4 Å². The maximum Gasteiger partial charge on any atom is 0.317 e. The van der Waals surface area contributed by atoms with Gasteiger partial charge >= 0.3 is 6.01 Å². The standard InChI is InChI=1S/C34H31FN2O6/c35-27-16-26-28(36-34(39)37-33(26)38)17-25(27)30-32(42-20-24-14-8-3-9-15-24)31(41-19-23-12-6-2-7-13-23)29(43-30)21-40-18-22-10-4-1-5-11-22/h1-17,29-32H,18-21H2,(H2,36,37,38,39)/t29-,30+,31-,32+/m1/s1. The Kier molecular flexibility index (Phi) is 8.85. The van der Waals surface area contributed by atoms with Gasteiger partial charge in [0.15, 0.2) is 0 Å². The number of hydrogen-bond acceptors (Lipinski definition) is 8. The predicted octanol–water partition coefficient (Wildman–Crippen LogP) is 6.01. The van der Waals surface area contributed by atoms with Crippen LogP contribution in [0.25, 0.3) is 10.9 Å². The van der Waals surface area contributed by atoms with Gasteiger partial charge in [0.2, 0.25) is 5.88 Å². The first kappa shape index (κ1) is 28.7. The fourth-order valence-corrected chi connectivity index (χ4v) is 5.25. The predicted molar refractivity (Wildman–Crippen MR) is 157 cm³/mol. The van der Waals surface area contributed by atoms with Crippen molar-refractivity contribution >= 4 is 10.9 Å². The van der Waals surface area contributed by atoms with Crippen molar-refractivity contribution in [3.8, 4) is 11.9 Å². The fraction of sp³-hybridized carbons (Fsp3) is 0.235. The molecule has 2 N–H and O–H groups in total. The maximum absolute atomic E-state index is 15.7. The number of aromatic hydroxyl groups is 2. The first-order chi connectivity index (χ1) is 21.0. The minimum atomic E-state index is -0.904. The van der Waals surface area contributed by atoms with Gasteiger partial charge in [-0.15, -0.1) is 0 Å². The zero-order chi connectivity index (χ0) is 29.6. The molecular formula is C34H31FN2O6. The summed E-state index contributed by atoms with van der Waals surface area (Å²) in [6.07, 6.45) is -2.85. The Morgan fingerprint density at radius 2 is 1.26 bits per heavy atom. The highest BCUT2D eigenvalue weighted by Gasteiger charge is 2.48. The summed E-state index contributed by atoms with van der Waals surface area (Å²) in [7, 11) is 0. The number of aromatic nitrogens is 2. The fourth-order valence-electron chi connectivity index (χ4n) is 5.25. The number of ether oxygens (including phenoxy) is 4. The van der Waals surface area contributed by atoms with Crippen molar-refractivity contribution in [1.82, 2.24) is 9.97 Å². The summed E-state index contributed by atoms with van der Waals surface area (Å²) >= 11 is 0. The van der Waals surface area contributed by atoms with Gasteiger partial charge in [-0.3, -0.25) is 0 Å². The first-order valence-corrected chi connectivity index (χ1v) is 14.0. The Hall–Kier alpha value is -4.41. The lowest BCUT2D eigenvalue weighted by Crippen LogP contribution is -2.38. The summed E-state index contributed by atoms with van der Waals surface area (Å²) in [5, 5.41) is 20.1. The van der Waals surface area contributed by atoms with E-state index in [4.69, 9.17) is 18.9 Å². The second kappa shape index (κ2) is 13.3. The first-order valence-electron chi connectivity index (χ1n) is 14.0. The zero-order valence-corrected chi connectivity index (χ0v) is 23.3. The molecule has 8 nitrogen and oxygen atoms in total. The molecule has 1 saturated heterocycles. The third-order valence-corrected chi connectivity index (χ3v) is 7.36. The van der Waals surface area contributed by atoms with E-state index in [-0.39, 0.29) is 36.3 Å². The van der Waals surface area contributed by atoms with Gasteiger partial charge in [-0.05, 0) is 28.8 Å². The number of hydrogen-bond donors (Lipinski definition) is 2. The van der Waals surface area contributed by atoms with Crippen molar-refractivity contribution in [2.45, 2.75) is 44.2 Å². The Bertz CT molecular complexity index is 1640. The minimum Gasteiger partial charge on any atom is -0.493 e. The highest BCUT2D eigenvalue weighted by molar-refractivity contribution is 5.84. The molecule has 0 unspecified atom stereocenters. The molecule has 0 bridgehead atoms. The Balaban J connectivity index is 1.33. The van der Waals surface area contributed by atoms with Crippen LogP contribution in [-0.4, -0.2) is 45.1 Å². The molecule has 1 aromatic heterocycles. The largest absolute Gasteiger partial charge is 0.493 e. The summed E-state index contributed by atoms with van der Waals surface area (Å²) < 4.78 is 41.2. The van der Waals surface area contributed by atoms with Crippen molar-refractivity contribution in [1.29, 1.82) is 0 Å². The van der Waals surface area contributed by atoms with Crippen LogP contribution in [0.15, 0.2) is 103 Å². The van der Waals surface area contributed by atoms with Crippen molar-refractivity contribution in [2.24, 2.45) is 0 Å². The topological polar surface area (TPSA) is 103 Å². The van der Waals surface area contributed by atoms with Crippen molar-refractivity contribution in [3.05, 3.63) is 131 Å². The van der Waals surface area contributed by atoms with Gasteiger partial charge < -0.3 is 29.2 Å². The van der Waals surface area contributed by atoms with Gasteiger partial charge in [0, 0.05) is 5.56 Å². The Labute approximate surface area is 248 Å². The van der Waals surface area contributed by atoms with E-state index >= 15 is 4.39 Å². The number of nitrogens with zero attached hydrogens (tertiary/aromatic N) is 2. The number of fused-ring (bicyclic) bond motifs is 1. The van der Waals surface area contributed by atoms with Crippen LogP contribution >= 0.6 is 0 Å². The highest BCUT2D eigenvalue weighted by Crippen LogP contribution is 2.41. The van der Waals surface area contributed by atoms with Crippen molar-refractivity contribution < 1.29 is 33.6 Å². The highest BCUT2D eigenvalue weighted by atomic mass is 19.1. The third-order valence-electron chi connectivity index (χ3n) is 7.36. The molecule has 0 amide bonds. The van der Waals surface area contributed by atoms with Crippen LogP contribution in [0.5, 0.6) is 11.9 Å². The van der Waals surface area contributed by atoms with Gasteiger partial charge in [-0.25, -0.2) is 4.39 Å². The monoisotopic (exact) mass is 582 g/mol. The zero-order valence-electron chi connectivity index (χ0n) is 23.3. The normalized spacial score (nSPS) is 20.0. The summed E-state index contributed by atoms with van der Waals surface area (Å²) in [6, 6.07) is 31.2. The van der Waals surface area contributed by atoms with E-state index in [1.54, 1.807) is 0 Å². The average molecular weight is 583 g/mol. The van der Waals surface area contributed by atoms with Crippen molar-refractivity contribution in [3.63, 3.8) is 0 Å². The van der Waals surface area contributed by atoms with E-state index in [0.717, 1.165) is 22.8 Å². The lowest BCUT2D eigenvalue weighted by molar-refractivity contribution is -0.0898. The SMILES string of the molecule is Oc1nc(O)c2cc(F)c([C@@H]3O[C@H](COCc4ccccc4)[C@@H](OCc4ccccc4)[C@H]3OCc3ccccc3)cc2n1. The second-order valence-corrected chi connectivity index (χ2v) is 10.4. The summed E-state index contributed by atoms with van der Waals surface area (Å²) in [6.45, 7) is 1.07. The molecule has 6 rings (SSSR count). The minimum absolute atomic E-state index is 0.0680. The molecule has 4 aromatic carbocycles. The molecule has 0 spiro atoms. The Morgan fingerprint density at radius 3 is 1.86 bits per heavy atom. The van der Waals surface area contributed by atoms with Crippen LogP contribution in [0.2, 0.25) is 0 Å². The van der Waals surface area contributed by atoms with Crippen LogP contribution < -0.4 is 0 Å². The molecule has 4 atom stereocenters. The quantitative estimate of drug-likeness (QED) is 0.195. The number of benzene rings is 4. The van der Waals surface area contributed by atoms with E-state index in [1.807, 2.05) is 91.0 Å². The molecule has 1 fully saturated rings. The summed E-state index contributed by atoms with van der Waals surface area (Å²) in [5.74, 6) is -1.16. The van der Waals surface area contributed by atoms with E-state index in [0.29, 0.717) is 6.61 Å². The number of halogens is 1. The molecule has 0 aliphatic carbocycles. The van der Waals surface area contributed by atoms with Crippen LogP contribution in [0.3, 0.4) is 0 Å². The van der Waals surface area contributed by atoms with E-state index in [2.05, 4.69) is 9.97 Å². The molecule has 0 radical (unpaired) electrons. The maximum atomic E-state index is 15.7. The van der Waals surface area contributed by atoms with Crippen LogP contribution in [0, 0.1) is 5.82 Å². The van der Waals surface area contributed by atoms with E-state index in [9.17, 15) is 10.2 Å². The molecular weight excluding hydrogens is 551 g/mol. The average Bonchev–Trinajstić information content (AvgIpc) is 3.37. The molecule has 1 aliphatic heterocycles. The molecule has 5 aromatic rings. The smallest absolute Gasteiger partial charge is 0.317 e. The number of rotatable bonds is 11. The van der Waals surface area contributed by atoms with E-state index < -0.39 is 42.1 Å². The van der Waals surface area contributed by atoms with Crippen molar-refractivity contribution in [2.75, 3.05) is 6.61 Å². The lowest BCUT2D eigenvalue weighted by Gasteiger charge is -2.25. The Morgan fingerprint density at radius 1 is 0.698 bits per heavy atom. The second-order valence-electron chi connectivity index (χ2n) is 10.4. The van der Waals surface area contributed by atoms with Crippen LogP contribution in [0.4, 0.5) is 4.39 Å². The molecule has 220 valence electrons. The summed E-state index contributed by atoms with van der Waals surface area (Å²) in [5.41, 5.74) is 3.24. The molecule has 9 heteroatoms. The van der Waals surface area contributed by atoms with Gasteiger partial charge in [0.1, 0.15) is 30.2 Å². The van der Waals surface area contributed by atoms with Gasteiger partial charge in [-0.1, -0.05) is 91.0 Å². The molecule has 2 heterocycles. The third kappa shape index (κ3) is 6.81. The van der Waals surface area contributed by atoms with Crippen LogP contribution in [-0.2, 0) is 38.8 Å². The molecule has 1 aliphatic rings. The van der Waals surface area contributed by atoms with Gasteiger partial charge in [0.05, 0.1) is 37.3 Å². The van der Waals surface area contributed by atoms with Gasteiger partial charge in [0.25, 0.3) is 0 Å². The molecule has 0 saturated carbocycles. The summed E-state index contributed by atoms with van der Waals surface area (Å²) in [4.78, 5) is 7.52. The lowest BCUT2D eigenvalue weighted by atomic mass is 9.99. The van der Waals surface area contributed by atoms with E-state index in [1.165, 1.54) is 6.07 Å². The van der Waals surface area contributed by atoms with Gasteiger partial charge in [-0.2, -0.15) is 9.97 Å².